The third-order valence-corrected chi connectivity index (χ3v) is 4.30. The largest absolute Gasteiger partial charge is 0.493 e. The number of nitrogens with one attached hydrogen (secondary N) is 3. The van der Waals surface area contributed by atoms with Gasteiger partial charge < -0.3 is 15.4 Å². The van der Waals surface area contributed by atoms with E-state index in [9.17, 15) is 9.59 Å². The fourth-order valence-corrected chi connectivity index (χ4v) is 2.85. The summed E-state index contributed by atoms with van der Waals surface area (Å²) in [6.07, 6.45) is 1.23. The van der Waals surface area contributed by atoms with Crippen LogP contribution in [0.2, 0.25) is 0 Å². The minimum atomic E-state index is -0.375. The van der Waals surface area contributed by atoms with Crippen molar-refractivity contribution in [1.29, 1.82) is 0 Å². The van der Waals surface area contributed by atoms with Crippen LogP contribution in [0.1, 0.15) is 37.0 Å². The Morgan fingerprint density at radius 1 is 1.07 bits per heavy atom. The Kier molecular flexibility index (Phi) is 8.41. The molecule has 2 aromatic carbocycles. The number of carbonyl (C=O) groups excluding carboxylic acids is 2. The fraction of sp³-hybridized carbons (Fsp3) is 0.250. The molecule has 28 heavy (non-hydrogen) atoms. The molecule has 0 aliphatic heterocycles. The van der Waals surface area contributed by atoms with E-state index in [0.29, 0.717) is 35.7 Å². The highest BCUT2D eigenvalue weighted by molar-refractivity contribution is 9.10. The van der Waals surface area contributed by atoms with E-state index in [-0.39, 0.29) is 16.9 Å². The predicted molar refractivity (Wildman–Crippen MR) is 119 cm³/mol. The Morgan fingerprint density at radius 2 is 1.79 bits per heavy atom. The van der Waals surface area contributed by atoms with Crippen LogP contribution < -0.4 is 20.7 Å². The first-order valence-corrected chi connectivity index (χ1v) is 10.1. The van der Waals surface area contributed by atoms with Crippen LogP contribution in [0, 0.1) is 0 Å². The van der Waals surface area contributed by atoms with Gasteiger partial charge in [0.15, 0.2) is 5.11 Å². The molecule has 148 valence electrons. The zero-order valence-corrected chi connectivity index (χ0v) is 18.1. The molecule has 0 atom stereocenters. The van der Waals surface area contributed by atoms with Crippen LogP contribution in [0.25, 0.3) is 0 Å². The SMILES string of the molecule is CCCOc1ccc(Br)cc1C(=O)NC(=S)Nc1cccc(NC(=O)CC)c1. The van der Waals surface area contributed by atoms with E-state index in [1.807, 2.05) is 13.0 Å². The molecular weight excluding hydrogens is 442 g/mol. The van der Waals surface area contributed by atoms with Gasteiger partial charge in [0.2, 0.25) is 5.91 Å². The quantitative estimate of drug-likeness (QED) is 0.517. The molecule has 0 aliphatic rings. The van der Waals surface area contributed by atoms with E-state index < -0.39 is 0 Å². The lowest BCUT2D eigenvalue weighted by Crippen LogP contribution is -2.34. The second-order valence-corrected chi connectivity index (χ2v) is 7.20. The Labute approximate surface area is 178 Å². The van der Waals surface area contributed by atoms with Crippen molar-refractivity contribution in [3.63, 3.8) is 0 Å². The molecule has 2 rings (SSSR count). The summed E-state index contributed by atoms with van der Waals surface area (Å²) in [5.74, 6) is 0.0391. The molecule has 0 heterocycles. The average molecular weight is 464 g/mol. The topological polar surface area (TPSA) is 79.5 Å². The Balaban J connectivity index is 2.05. The number of thiocarbonyl (C=S) groups is 1. The summed E-state index contributed by atoms with van der Waals surface area (Å²) in [6, 6.07) is 12.3. The van der Waals surface area contributed by atoms with E-state index in [1.165, 1.54) is 0 Å². The maximum absolute atomic E-state index is 12.6. The van der Waals surface area contributed by atoms with E-state index in [0.717, 1.165) is 10.9 Å². The molecule has 0 unspecified atom stereocenters. The number of amides is 2. The number of carbonyl (C=O) groups is 2. The van der Waals surface area contributed by atoms with Gasteiger partial charge in [0, 0.05) is 22.3 Å². The molecule has 8 heteroatoms. The Morgan fingerprint density at radius 3 is 2.46 bits per heavy atom. The highest BCUT2D eigenvalue weighted by Crippen LogP contribution is 2.23. The van der Waals surface area contributed by atoms with Crippen molar-refractivity contribution < 1.29 is 14.3 Å². The highest BCUT2D eigenvalue weighted by atomic mass is 79.9. The van der Waals surface area contributed by atoms with Gasteiger partial charge in [0.1, 0.15) is 5.75 Å². The molecule has 3 N–H and O–H groups in total. The molecule has 0 aromatic heterocycles. The standard InChI is InChI=1S/C20H22BrN3O3S/c1-3-10-27-17-9-8-13(21)11-16(17)19(26)24-20(28)23-15-7-5-6-14(12-15)22-18(25)4-2/h5-9,11-12H,3-4,10H2,1-2H3,(H,22,25)(H2,23,24,26,28). The van der Waals surface area contributed by atoms with Gasteiger partial charge in [-0.1, -0.05) is 35.8 Å². The number of halogens is 1. The lowest BCUT2D eigenvalue weighted by molar-refractivity contribution is -0.115. The molecule has 0 fully saturated rings. The molecule has 0 radical (unpaired) electrons. The number of hydrogen-bond acceptors (Lipinski definition) is 4. The van der Waals surface area contributed by atoms with Gasteiger partial charge in [-0.15, -0.1) is 0 Å². The van der Waals surface area contributed by atoms with Crippen molar-refractivity contribution >= 4 is 56.4 Å². The van der Waals surface area contributed by atoms with Crippen LogP contribution in [0.15, 0.2) is 46.9 Å². The average Bonchev–Trinajstić information content (AvgIpc) is 2.67. The molecule has 0 saturated heterocycles. The maximum atomic E-state index is 12.6. The van der Waals surface area contributed by atoms with Crippen molar-refractivity contribution in [3.05, 3.63) is 52.5 Å². The molecule has 6 nitrogen and oxygen atoms in total. The smallest absolute Gasteiger partial charge is 0.261 e. The number of anilines is 2. The lowest BCUT2D eigenvalue weighted by Gasteiger charge is -2.14. The summed E-state index contributed by atoms with van der Waals surface area (Å²) < 4.78 is 6.40. The van der Waals surface area contributed by atoms with Crippen molar-refractivity contribution in [3.8, 4) is 5.75 Å². The third kappa shape index (κ3) is 6.61. The van der Waals surface area contributed by atoms with Crippen LogP contribution >= 0.6 is 28.1 Å². The molecule has 0 bridgehead atoms. The second kappa shape index (κ2) is 10.8. The number of hydrogen-bond donors (Lipinski definition) is 3. The summed E-state index contributed by atoms with van der Waals surface area (Å²) >= 11 is 8.61. The number of benzene rings is 2. The first-order chi connectivity index (χ1) is 13.4. The van der Waals surface area contributed by atoms with E-state index in [2.05, 4.69) is 31.9 Å². The first kappa shape index (κ1) is 21.8. The van der Waals surface area contributed by atoms with Gasteiger partial charge in [0.05, 0.1) is 12.2 Å². The van der Waals surface area contributed by atoms with Gasteiger partial charge in [0.25, 0.3) is 5.91 Å². The van der Waals surface area contributed by atoms with Crippen LogP contribution in [-0.2, 0) is 4.79 Å². The monoisotopic (exact) mass is 463 g/mol. The van der Waals surface area contributed by atoms with Crippen molar-refractivity contribution in [2.24, 2.45) is 0 Å². The summed E-state index contributed by atoms with van der Waals surface area (Å²) in [7, 11) is 0. The normalized spacial score (nSPS) is 10.1. The highest BCUT2D eigenvalue weighted by Gasteiger charge is 2.15. The summed E-state index contributed by atoms with van der Waals surface area (Å²) in [5.41, 5.74) is 1.68. The Hall–Kier alpha value is -2.45. The second-order valence-electron chi connectivity index (χ2n) is 5.88. The maximum Gasteiger partial charge on any atom is 0.261 e. The van der Waals surface area contributed by atoms with Gasteiger partial charge >= 0.3 is 0 Å². The zero-order chi connectivity index (χ0) is 20.5. The van der Waals surface area contributed by atoms with Crippen LogP contribution in [0.3, 0.4) is 0 Å². The van der Waals surface area contributed by atoms with E-state index in [1.54, 1.807) is 43.3 Å². The van der Waals surface area contributed by atoms with Gasteiger partial charge in [-0.05, 0) is 55.0 Å². The molecule has 2 amide bonds. The van der Waals surface area contributed by atoms with Gasteiger partial charge in [-0.3, -0.25) is 14.9 Å². The molecule has 0 aliphatic carbocycles. The van der Waals surface area contributed by atoms with E-state index in [4.69, 9.17) is 17.0 Å². The number of ether oxygens (including phenoxy) is 1. The van der Waals surface area contributed by atoms with Crippen molar-refractivity contribution in [1.82, 2.24) is 5.32 Å². The molecule has 0 spiro atoms. The lowest BCUT2D eigenvalue weighted by atomic mass is 10.2. The van der Waals surface area contributed by atoms with Gasteiger partial charge in [-0.25, -0.2) is 0 Å². The predicted octanol–water partition coefficient (Wildman–Crippen LogP) is 4.71. The van der Waals surface area contributed by atoms with Crippen molar-refractivity contribution in [2.75, 3.05) is 17.2 Å². The van der Waals surface area contributed by atoms with Crippen LogP contribution in [-0.4, -0.2) is 23.5 Å². The number of rotatable bonds is 7. The van der Waals surface area contributed by atoms with Gasteiger partial charge in [-0.2, -0.15) is 0 Å². The molecule has 0 saturated carbocycles. The summed E-state index contributed by atoms with van der Waals surface area (Å²) in [5, 5.41) is 8.52. The fourth-order valence-electron chi connectivity index (χ4n) is 2.27. The summed E-state index contributed by atoms with van der Waals surface area (Å²) in [4.78, 5) is 24.2. The molecule has 2 aromatic rings. The third-order valence-electron chi connectivity index (χ3n) is 3.60. The summed E-state index contributed by atoms with van der Waals surface area (Å²) in [6.45, 7) is 4.29. The van der Waals surface area contributed by atoms with Crippen LogP contribution in [0.5, 0.6) is 5.75 Å². The minimum absolute atomic E-state index is 0.0812. The zero-order valence-electron chi connectivity index (χ0n) is 15.7. The van der Waals surface area contributed by atoms with Crippen LogP contribution in [0.4, 0.5) is 11.4 Å². The van der Waals surface area contributed by atoms with Crippen molar-refractivity contribution in [2.45, 2.75) is 26.7 Å². The van der Waals surface area contributed by atoms with E-state index >= 15 is 0 Å². The molecular formula is C20H22BrN3O3S. The minimum Gasteiger partial charge on any atom is -0.493 e. The first-order valence-electron chi connectivity index (χ1n) is 8.87. The Bertz CT molecular complexity index is 874.